The van der Waals surface area contributed by atoms with Gasteiger partial charge in [0.1, 0.15) is 4.90 Å². The number of hydrogen-bond donors (Lipinski definition) is 1. The molecule has 1 saturated heterocycles. The van der Waals surface area contributed by atoms with Crippen LogP contribution in [0.3, 0.4) is 0 Å². The van der Waals surface area contributed by atoms with Crippen LogP contribution in [0.2, 0.25) is 0 Å². The zero-order chi connectivity index (χ0) is 13.0. The Kier molecular flexibility index (Phi) is 4.31. The third-order valence-corrected chi connectivity index (χ3v) is 5.26. The number of sulfonamides is 1. The van der Waals surface area contributed by atoms with Gasteiger partial charge in [0.05, 0.1) is 0 Å². The van der Waals surface area contributed by atoms with E-state index in [0.717, 1.165) is 32.4 Å². The van der Waals surface area contributed by atoms with Crippen molar-refractivity contribution in [3.05, 3.63) is 24.5 Å². The summed E-state index contributed by atoms with van der Waals surface area (Å²) in [4.78, 5) is 4.15. The van der Waals surface area contributed by atoms with Crippen molar-refractivity contribution in [2.24, 2.45) is 0 Å². The Morgan fingerprint density at radius 3 is 2.94 bits per heavy atom. The summed E-state index contributed by atoms with van der Waals surface area (Å²) in [6, 6.07) is 3.31. The van der Waals surface area contributed by atoms with Crippen LogP contribution in [0.1, 0.15) is 19.3 Å². The first-order valence-electron chi connectivity index (χ1n) is 6.21. The number of rotatable bonds is 3. The lowest BCUT2D eigenvalue weighted by atomic mass is 10.1. The number of pyridine rings is 1. The first kappa shape index (κ1) is 13.5. The van der Waals surface area contributed by atoms with E-state index >= 15 is 0 Å². The van der Waals surface area contributed by atoms with Crippen LogP contribution in [0.15, 0.2) is 29.4 Å². The molecule has 0 amide bonds. The van der Waals surface area contributed by atoms with Gasteiger partial charge in [-0.15, -0.1) is 0 Å². The topological polar surface area (TPSA) is 62.3 Å². The molecule has 1 atom stereocenters. The van der Waals surface area contributed by atoms with Crippen LogP contribution in [0.4, 0.5) is 0 Å². The van der Waals surface area contributed by atoms with Gasteiger partial charge in [0.25, 0.3) is 0 Å². The molecule has 0 spiro atoms. The molecule has 100 valence electrons. The second kappa shape index (κ2) is 5.77. The summed E-state index contributed by atoms with van der Waals surface area (Å²) in [6.07, 6.45) is 5.76. The van der Waals surface area contributed by atoms with Crippen molar-refractivity contribution < 1.29 is 8.42 Å². The zero-order valence-corrected chi connectivity index (χ0v) is 11.4. The SMILES string of the molecule is CN(C1CCCNCC1)S(=O)(=O)c1cccnc1. The van der Waals surface area contributed by atoms with Crippen LogP contribution < -0.4 is 5.32 Å². The predicted octanol–water partition coefficient (Wildman–Crippen LogP) is 0.844. The van der Waals surface area contributed by atoms with E-state index in [9.17, 15) is 8.42 Å². The van der Waals surface area contributed by atoms with Crippen LogP contribution in [0.5, 0.6) is 0 Å². The molecule has 1 aromatic rings. The molecule has 6 heteroatoms. The van der Waals surface area contributed by atoms with Gasteiger partial charge in [0.2, 0.25) is 10.0 Å². The summed E-state index contributed by atoms with van der Waals surface area (Å²) in [6.45, 7) is 1.84. The van der Waals surface area contributed by atoms with E-state index < -0.39 is 10.0 Å². The molecule has 1 aromatic heterocycles. The predicted molar refractivity (Wildman–Crippen MR) is 69.7 cm³/mol. The third-order valence-electron chi connectivity index (χ3n) is 3.37. The van der Waals surface area contributed by atoms with Gasteiger partial charge in [-0.05, 0) is 44.5 Å². The smallest absolute Gasteiger partial charge is 0.244 e. The lowest BCUT2D eigenvalue weighted by molar-refractivity contribution is 0.341. The van der Waals surface area contributed by atoms with E-state index in [1.54, 1.807) is 25.4 Å². The summed E-state index contributed by atoms with van der Waals surface area (Å²) in [5.74, 6) is 0. The highest BCUT2D eigenvalue weighted by Gasteiger charge is 2.28. The van der Waals surface area contributed by atoms with Gasteiger partial charge in [-0.3, -0.25) is 4.98 Å². The van der Waals surface area contributed by atoms with E-state index in [2.05, 4.69) is 10.3 Å². The average molecular weight is 269 g/mol. The average Bonchev–Trinajstić information content (AvgIpc) is 2.67. The summed E-state index contributed by atoms with van der Waals surface area (Å²) >= 11 is 0. The summed E-state index contributed by atoms with van der Waals surface area (Å²) in [7, 11) is -1.75. The van der Waals surface area contributed by atoms with Crippen LogP contribution in [0, 0.1) is 0 Å². The molecule has 18 heavy (non-hydrogen) atoms. The highest BCUT2D eigenvalue weighted by Crippen LogP contribution is 2.20. The van der Waals surface area contributed by atoms with Gasteiger partial charge >= 0.3 is 0 Å². The molecule has 0 aliphatic carbocycles. The molecule has 0 aromatic carbocycles. The largest absolute Gasteiger partial charge is 0.317 e. The van der Waals surface area contributed by atoms with Crippen molar-refractivity contribution in [2.45, 2.75) is 30.2 Å². The quantitative estimate of drug-likeness (QED) is 0.883. The fourth-order valence-corrected chi connectivity index (χ4v) is 3.61. The first-order valence-corrected chi connectivity index (χ1v) is 7.65. The first-order chi connectivity index (χ1) is 8.62. The lowest BCUT2D eigenvalue weighted by Gasteiger charge is -2.26. The van der Waals surface area contributed by atoms with Crippen molar-refractivity contribution in [1.29, 1.82) is 0 Å². The Morgan fingerprint density at radius 1 is 1.39 bits per heavy atom. The number of nitrogens with one attached hydrogen (secondary N) is 1. The molecule has 0 bridgehead atoms. The number of aromatic nitrogens is 1. The minimum absolute atomic E-state index is 0.0743. The second-order valence-corrected chi connectivity index (χ2v) is 6.54. The fourth-order valence-electron chi connectivity index (χ4n) is 2.23. The Hall–Kier alpha value is -0.980. The minimum atomic E-state index is -3.41. The molecule has 1 N–H and O–H groups in total. The van der Waals surface area contributed by atoms with E-state index in [1.807, 2.05) is 0 Å². The molecule has 0 radical (unpaired) electrons. The van der Waals surface area contributed by atoms with Gasteiger partial charge in [-0.1, -0.05) is 0 Å². The Labute approximate surface area is 108 Å². The molecule has 1 unspecified atom stereocenters. The molecular formula is C12H19N3O2S. The van der Waals surface area contributed by atoms with Crippen LogP contribution >= 0.6 is 0 Å². The van der Waals surface area contributed by atoms with Crippen LogP contribution in [-0.2, 0) is 10.0 Å². The van der Waals surface area contributed by atoms with E-state index in [-0.39, 0.29) is 10.9 Å². The fraction of sp³-hybridized carbons (Fsp3) is 0.583. The standard InChI is InChI=1S/C12H19N3O2S/c1-15(11-4-2-7-13-9-6-11)18(16,17)12-5-3-8-14-10-12/h3,5,8,10-11,13H,2,4,6-7,9H2,1H3. The highest BCUT2D eigenvalue weighted by molar-refractivity contribution is 7.89. The van der Waals surface area contributed by atoms with Gasteiger partial charge in [-0.2, -0.15) is 4.31 Å². The van der Waals surface area contributed by atoms with Crippen molar-refractivity contribution in [3.8, 4) is 0 Å². The molecule has 0 saturated carbocycles. The second-order valence-electron chi connectivity index (χ2n) is 4.54. The number of nitrogens with zero attached hydrogens (tertiary/aromatic N) is 2. The van der Waals surface area contributed by atoms with Crippen molar-refractivity contribution in [2.75, 3.05) is 20.1 Å². The van der Waals surface area contributed by atoms with Crippen molar-refractivity contribution >= 4 is 10.0 Å². The molecule has 1 aliphatic heterocycles. The maximum Gasteiger partial charge on any atom is 0.244 e. The lowest BCUT2D eigenvalue weighted by Crippen LogP contribution is -2.37. The van der Waals surface area contributed by atoms with E-state index in [4.69, 9.17) is 0 Å². The van der Waals surface area contributed by atoms with Gasteiger partial charge < -0.3 is 5.32 Å². The van der Waals surface area contributed by atoms with Crippen molar-refractivity contribution in [1.82, 2.24) is 14.6 Å². The Bertz CT molecular complexity index is 467. The molecule has 2 rings (SSSR count). The molecule has 2 heterocycles. The molecule has 5 nitrogen and oxygen atoms in total. The Morgan fingerprint density at radius 2 is 2.22 bits per heavy atom. The maximum atomic E-state index is 12.4. The molecule has 1 aliphatic rings. The van der Waals surface area contributed by atoms with Crippen LogP contribution in [0.25, 0.3) is 0 Å². The molecular weight excluding hydrogens is 250 g/mol. The van der Waals surface area contributed by atoms with Crippen molar-refractivity contribution in [3.63, 3.8) is 0 Å². The van der Waals surface area contributed by atoms with Crippen LogP contribution in [-0.4, -0.2) is 43.9 Å². The monoisotopic (exact) mass is 269 g/mol. The Balaban J connectivity index is 2.19. The third kappa shape index (κ3) is 2.88. The van der Waals surface area contributed by atoms with E-state index in [0.29, 0.717) is 0 Å². The van der Waals surface area contributed by atoms with Gasteiger partial charge in [0.15, 0.2) is 0 Å². The summed E-state index contributed by atoms with van der Waals surface area (Å²) < 4.78 is 26.3. The highest BCUT2D eigenvalue weighted by atomic mass is 32.2. The summed E-state index contributed by atoms with van der Waals surface area (Å²) in [5.41, 5.74) is 0. The number of hydrogen-bond acceptors (Lipinski definition) is 4. The maximum absolute atomic E-state index is 12.4. The van der Waals surface area contributed by atoms with Gasteiger partial charge in [0, 0.05) is 25.5 Å². The summed E-state index contributed by atoms with van der Waals surface area (Å²) in [5, 5.41) is 3.29. The van der Waals surface area contributed by atoms with Gasteiger partial charge in [-0.25, -0.2) is 8.42 Å². The van der Waals surface area contributed by atoms with E-state index in [1.165, 1.54) is 10.5 Å². The zero-order valence-electron chi connectivity index (χ0n) is 10.5. The molecule has 1 fully saturated rings. The minimum Gasteiger partial charge on any atom is -0.317 e. The normalized spacial score (nSPS) is 21.8.